The third-order valence-corrected chi connectivity index (χ3v) is 6.13. The summed E-state index contributed by atoms with van der Waals surface area (Å²) in [4.78, 5) is 2.68. The molecule has 1 aliphatic carbocycles. The van der Waals surface area contributed by atoms with Crippen LogP contribution in [0.2, 0.25) is 0 Å². The van der Waals surface area contributed by atoms with E-state index in [1.807, 2.05) is 0 Å². The van der Waals surface area contributed by atoms with Crippen molar-refractivity contribution in [2.45, 2.75) is 45.4 Å². The van der Waals surface area contributed by atoms with Crippen LogP contribution in [0.25, 0.3) is 0 Å². The lowest BCUT2D eigenvalue weighted by Gasteiger charge is -2.37. The van der Waals surface area contributed by atoms with E-state index in [4.69, 9.17) is 0 Å². The minimum atomic E-state index is 0.592. The molecule has 3 atom stereocenters. The fourth-order valence-electron chi connectivity index (χ4n) is 5.02. The van der Waals surface area contributed by atoms with Crippen LogP contribution in [0.15, 0.2) is 42.5 Å². The zero-order valence-corrected chi connectivity index (χ0v) is 15.3. The third-order valence-electron chi connectivity index (χ3n) is 6.13. The number of benzene rings is 2. The fourth-order valence-corrected chi connectivity index (χ4v) is 5.02. The van der Waals surface area contributed by atoms with Crippen LogP contribution in [-0.2, 0) is 0 Å². The van der Waals surface area contributed by atoms with Gasteiger partial charge in [0, 0.05) is 18.4 Å². The summed E-state index contributed by atoms with van der Waals surface area (Å²) >= 11 is 0. The monoisotopic (exact) mass is 319 g/mol. The molecule has 0 saturated carbocycles. The first-order chi connectivity index (χ1) is 11.7. The lowest BCUT2D eigenvalue weighted by molar-refractivity contribution is 0.161. The van der Waals surface area contributed by atoms with Crippen LogP contribution >= 0.6 is 0 Å². The number of rotatable bonds is 3. The summed E-state index contributed by atoms with van der Waals surface area (Å²) < 4.78 is 0. The molecule has 0 unspecified atom stereocenters. The zero-order valence-electron chi connectivity index (χ0n) is 15.3. The lowest BCUT2D eigenvalue weighted by Crippen LogP contribution is -2.39. The number of aryl methyl sites for hydroxylation is 2. The van der Waals surface area contributed by atoms with Gasteiger partial charge >= 0.3 is 0 Å². The van der Waals surface area contributed by atoms with Gasteiger partial charge in [-0.3, -0.25) is 0 Å². The molecule has 1 saturated heterocycles. The van der Waals surface area contributed by atoms with Crippen molar-refractivity contribution in [1.82, 2.24) is 4.90 Å². The number of fused-ring (bicyclic) bond motifs is 3. The topological polar surface area (TPSA) is 3.24 Å². The number of nitrogens with zero attached hydrogens (tertiary/aromatic N) is 1. The highest BCUT2D eigenvalue weighted by atomic mass is 15.1. The molecule has 1 heteroatoms. The average Bonchev–Trinajstić information content (AvgIpc) is 2.89. The molecule has 0 spiro atoms. The lowest BCUT2D eigenvalue weighted by atomic mass is 9.78. The highest BCUT2D eigenvalue weighted by molar-refractivity contribution is 5.48. The van der Waals surface area contributed by atoms with Crippen molar-refractivity contribution in [3.05, 3.63) is 70.3 Å². The molecule has 2 aromatic carbocycles. The Morgan fingerprint density at radius 3 is 2.46 bits per heavy atom. The number of piperidine rings is 1. The van der Waals surface area contributed by atoms with Crippen molar-refractivity contribution < 1.29 is 0 Å². The quantitative estimate of drug-likeness (QED) is 0.745. The summed E-state index contributed by atoms with van der Waals surface area (Å²) in [5.74, 6) is 2.08. The van der Waals surface area contributed by atoms with Gasteiger partial charge in [-0.1, -0.05) is 60.5 Å². The first-order valence-corrected chi connectivity index (χ1v) is 9.56. The van der Waals surface area contributed by atoms with E-state index in [0.717, 1.165) is 5.92 Å². The van der Waals surface area contributed by atoms with E-state index in [9.17, 15) is 0 Å². The predicted molar refractivity (Wildman–Crippen MR) is 102 cm³/mol. The Balaban J connectivity index is 1.75. The zero-order chi connectivity index (χ0) is 16.7. The van der Waals surface area contributed by atoms with E-state index in [1.54, 1.807) is 11.1 Å². The van der Waals surface area contributed by atoms with Crippen LogP contribution in [0.5, 0.6) is 0 Å². The van der Waals surface area contributed by atoms with E-state index >= 15 is 0 Å². The van der Waals surface area contributed by atoms with E-state index in [-0.39, 0.29) is 0 Å². The standard InChI is InChI=1S/C23H29N/c1-4-12-24-13-11-20-22(15-24)19-10-7-17(3)14-21(19)23(20)18-8-5-16(2)6-9-18/h5-10,14,20,22-23H,4,11-13,15H2,1-3H3/t20-,22-,23+/m1/s1. The van der Waals surface area contributed by atoms with E-state index < -0.39 is 0 Å². The molecule has 2 aliphatic rings. The maximum Gasteiger partial charge on any atom is 0.0127 e. The van der Waals surface area contributed by atoms with Gasteiger partial charge in [-0.25, -0.2) is 0 Å². The smallest absolute Gasteiger partial charge is 0.0127 e. The molecule has 4 rings (SSSR count). The molecule has 0 bridgehead atoms. The Labute approximate surface area is 146 Å². The molecule has 0 radical (unpaired) electrons. The minimum Gasteiger partial charge on any atom is -0.303 e. The largest absolute Gasteiger partial charge is 0.303 e. The predicted octanol–water partition coefficient (Wildman–Crippen LogP) is 5.26. The summed E-state index contributed by atoms with van der Waals surface area (Å²) in [7, 11) is 0. The van der Waals surface area contributed by atoms with Crippen molar-refractivity contribution in [2.75, 3.05) is 19.6 Å². The van der Waals surface area contributed by atoms with Crippen LogP contribution in [0, 0.1) is 19.8 Å². The summed E-state index contributed by atoms with van der Waals surface area (Å²) in [6.45, 7) is 10.5. The molecule has 1 nitrogen and oxygen atoms in total. The van der Waals surface area contributed by atoms with Gasteiger partial charge in [0.1, 0.15) is 0 Å². The molecule has 126 valence electrons. The third kappa shape index (κ3) is 2.69. The van der Waals surface area contributed by atoms with Crippen LogP contribution in [0.3, 0.4) is 0 Å². The summed E-state index contributed by atoms with van der Waals surface area (Å²) in [5.41, 5.74) is 7.50. The summed E-state index contributed by atoms with van der Waals surface area (Å²) in [5, 5.41) is 0. The normalized spacial score (nSPS) is 26.2. The van der Waals surface area contributed by atoms with Gasteiger partial charge in [-0.15, -0.1) is 0 Å². The molecule has 2 aromatic rings. The minimum absolute atomic E-state index is 0.592. The van der Waals surface area contributed by atoms with E-state index in [1.165, 1.54) is 49.2 Å². The molecule has 1 fully saturated rings. The SMILES string of the molecule is CCCN1CC[C@H]2[C@H](c3ccc(C)cc3)c3cc(C)ccc3[C@H]2C1. The summed E-state index contributed by atoms with van der Waals surface area (Å²) in [6, 6.07) is 16.5. The van der Waals surface area contributed by atoms with Crippen molar-refractivity contribution in [3.63, 3.8) is 0 Å². The average molecular weight is 319 g/mol. The number of likely N-dealkylation sites (tertiary alicyclic amines) is 1. The van der Waals surface area contributed by atoms with Crippen LogP contribution in [0.4, 0.5) is 0 Å². The van der Waals surface area contributed by atoms with Gasteiger partial charge in [-0.2, -0.15) is 0 Å². The molecular formula is C23H29N. The van der Waals surface area contributed by atoms with Gasteiger partial charge in [0.2, 0.25) is 0 Å². The molecule has 0 amide bonds. The van der Waals surface area contributed by atoms with Gasteiger partial charge in [0.25, 0.3) is 0 Å². The highest BCUT2D eigenvalue weighted by Crippen LogP contribution is 2.53. The Bertz CT molecular complexity index is 715. The number of hydrogen-bond donors (Lipinski definition) is 0. The van der Waals surface area contributed by atoms with Crippen LogP contribution in [-0.4, -0.2) is 24.5 Å². The molecule has 0 N–H and O–H groups in total. The van der Waals surface area contributed by atoms with E-state index in [2.05, 4.69) is 68.1 Å². The van der Waals surface area contributed by atoms with Crippen LogP contribution in [0.1, 0.15) is 59.4 Å². The van der Waals surface area contributed by atoms with Gasteiger partial charge in [-0.05, 0) is 62.4 Å². The highest BCUT2D eigenvalue weighted by Gasteiger charge is 2.43. The number of hydrogen-bond acceptors (Lipinski definition) is 1. The molecule has 1 heterocycles. The Morgan fingerprint density at radius 2 is 1.71 bits per heavy atom. The fraction of sp³-hybridized carbons (Fsp3) is 0.478. The maximum absolute atomic E-state index is 2.68. The second kappa shape index (κ2) is 6.37. The second-order valence-electron chi connectivity index (χ2n) is 7.88. The van der Waals surface area contributed by atoms with Gasteiger partial charge in [0.05, 0.1) is 0 Å². The van der Waals surface area contributed by atoms with Crippen molar-refractivity contribution in [2.24, 2.45) is 5.92 Å². The second-order valence-corrected chi connectivity index (χ2v) is 7.88. The first kappa shape index (κ1) is 15.9. The molecule has 1 aliphatic heterocycles. The Hall–Kier alpha value is -1.60. The van der Waals surface area contributed by atoms with Gasteiger partial charge < -0.3 is 4.90 Å². The Morgan fingerprint density at radius 1 is 0.958 bits per heavy atom. The molecular weight excluding hydrogens is 290 g/mol. The molecule has 24 heavy (non-hydrogen) atoms. The van der Waals surface area contributed by atoms with Crippen molar-refractivity contribution >= 4 is 0 Å². The van der Waals surface area contributed by atoms with Crippen molar-refractivity contribution in [3.8, 4) is 0 Å². The maximum atomic E-state index is 2.68. The summed E-state index contributed by atoms with van der Waals surface area (Å²) in [6.07, 6.45) is 2.59. The van der Waals surface area contributed by atoms with Crippen LogP contribution < -0.4 is 0 Å². The van der Waals surface area contributed by atoms with Gasteiger partial charge in [0.15, 0.2) is 0 Å². The van der Waals surface area contributed by atoms with Crippen molar-refractivity contribution in [1.29, 1.82) is 0 Å². The first-order valence-electron chi connectivity index (χ1n) is 9.56. The molecule has 0 aromatic heterocycles. The van der Waals surface area contributed by atoms with E-state index in [0.29, 0.717) is 11.8 Å². The Kier molecular flexibility index (Phi) is 4.22.